The zero-order valence-corrected chi connectivity index (χ0v) is 19.5. The number of anilines is 2. The van der Waals surface area contributed by atoms with E-state index in [1.165, 1.54) is 17.7 Å². The van der Waals surface area contributed by atoms with E-state index in [9.17, 15) is 14.4 Å². The van der Waals surface area contributed by atoms with E-state index in [4.69, 9.17) is 6.42 Å². The lowest BCUT2D eigenvalue weighted by Crippen LogP contribution is -2.48. The molecule has 3 amide bonds. The molecule has 9 nitrogen and oxygen atoms in total. The molecule has 0 radical (unpaired) electrons. The molecular formula is C25H28N6O3. The third kappa shape index (κ3) is 5.41. The van der Waals surface area contributed by atoms with Crippen molar-refractivity contribution >= 4 is 29.9 Å². The van der Waals surface area contributed by atoms with Crippen LogP contribution in [0.25, 0.3) is 0 Å². The van der Waals surface area contributed by atoms with Crippen molar-refractivity contribution in [1.82, 2.24) is 19.8 Å². The van der Waals surface area contributed by atoms with Crippen molar-refractivity contribution in [1.29, 1.82) is 0 Å². The molecule has 34 heavy (non-hydrogen) atoms. The van der Waals surface area contributed by atoms with Crippen molar-refractivity contribution in [2.75, 3.05) is 43.9 Å². The molecule has 1 saturated carbocycles. The van der Waals surface area contributed by atoms with Crippen LogP contribution in [0.15, 0.2) is 24.4 Å². The summed E-state index contributed by atoms with van der Waals surface area (Å²) in [6.07, 6.45) is 11.1. The minimum atomic E-state index is -0.440. The van der Waals surface area contributed by atoms with Crippen molar-refractivity contribution in [3.63, 3.8) is 0 Å². The predicted octanol–water partition coefficient (Wildman–Crippen LogP) is 2.17. The first-order valence-electron chi connectivity index (χ1n) is 11.3. The van der Waals surface area contributed by atoms with E-state index in [1.807, 2.05) is 18.0 Å². The van der Waals surface area contributed by atoms with Gasteiger partial charge in [-0.05, 0) is 49.9 Å². The molecule has 9 heteroatoms. The summed E-state index contributed by atoms with van der Waals surface area (Å²) in [6.45, 7) is 2.02. The van der Waals surface area contributed by atoms with Gasteiger partial charge in [0.05, 0.1) is 6.54 Å². The van der Waals surface area contributed by atoms with Crippen LogP contribution in [0.3, 0.4) is 0 Å². The lowest BCUT2D eigenvalue weighted by atomic mass is 10.0. The zero-order chi connectivity index (χ0) is 24.2. The van der Waals surface area contributed by atoms with Crippen molar-refractivity contribution in [2.24, 2.45) is 5.92 Å². The number of pyridine rings is 2. The second kappa shape index (κ2) is 10.0. The number of piperazine rings is 1. The number of amides is 3. The third-order valence-electron chi connectivity index (χ3n) is 6.21. The standard InChI is InChI=1S/C25H28N6O3/c1-4-18-13-26-22(12-20(18)11-17-5-6-17)28-25(34)30(3)23-8-7-19(21(16-32)27-23)14-31-10-9-29(2)15-24(31)33/h1,7-8,12-13,16-17H,5-6,9-11,14-15H2,2-3H3,(H,26,28,34). The van der Waals surface area contributed by atoms with Crippen LogP contribution in [0.2, 0.25) is 0 Å². The summed E-state index contributed by atoms with van der Waals surface area (Å²) in [5.74, 6) is 4.03. The van der Waals surface area contributed by atoms with Crippen molar-refractivity contribution < 1.29 is 14.4 Å². The lowest BCUT2D eigenvalue weighted by molar-refractivity contribution is -0.136. The number of carbonyl (C=O) groups excluding carboxylic acids is 3. The Labute approximate surface area is 199 Å². The number of hydrogen-bond acceptors (Lipinski definition) is 6. The Hall–Kier alpha value is -3.77. The van der Waals surface area contributed by atoms with Crippen molar-refractivity contribution in [2.45, 2.75) is 25.8 Å². The monoisotopic (exact) mass is 460 g/mol. The normalized spacial score (nSPS) is 16.1. The minimum Gasteiger partial charge on any atom is -0.336 e. The first-order chi connectivity index (χ1) is 16.4. The molecule has 176 valence electrons. The highest BCUT2D eigenvalue weighted by Gasteiger charge is 2.24. The average molecular weight is 461 g/mol. The number of rotatable bonds is 7. The van der Waals surface area contributed by atoms with Gasteiger partial charge in [-0.1, -0.05) is 12.0 Å². The Morgan fingerprint density at radius 2 is 2.12 bits per heavy atom. The van der Waals surface area contributed by atoms with Crippen LogP contribution >= 0.6 is 0 Å². The molecule has 2 fully saturated rings. The molecule has 2 aliphatic rings. The molecule has 0 unspecified atom stereocenters. The number of carbonyl (C=O) groups is 3. The number of terminal acetylenes is 1. The summed E-state index contributed by atoms with van der Waals surface area (Å²) in [5, 5.41) is 2.77. The Bertz CT molecular complexity index is 1150. The number of aromatic nitrogens is 2. The lowest BCUT2D eigenvalue weighted by Gasteiger charge is -2.32. The quantitative estimate of drug-likeness (QED) is 0.502. The zero-order valence-electron chi connectivity index (χ0n) is 19.5. The maximum atomic E-state index is 12.8. The highest BCUT2D eigenvalue weighted by molar-refractivity contribution is 6.00. The fourth-order valence-corrected chi connectivity index (χ4v) is 3.91. The number of hydrogen-bond donors (Lipinski definition) is 1. The number of nitrogens with one attached hydrogen (secondary N) is 1. The van der Waals surface area contributed by atoms with Gasteiger partial charge in [0, 0.05) is 44.0 Å². The van der Waals surface area contributed by atoms with Gasteiger partial charge < -0.3 is 4.90 Å². The van der Waals surface area contributed by atoms with Gasteiger partial charge in [0.1, 0.15) is 17.3 Å². The van der Waals surface area contributed by atoms with Crippen LogP contribution in [0.4, 0.5) is 16.4 Å². The first kappa shape index (κ1) is 23.4. The second-order valence-electron chi connectivity index (χ2n) is 8.89. The molecule has 3 heterocycles. The molecule has 0 atom stereocenters. The number of urea groups is 1. The topological polar surface area (TPSA) is 98.7 Å². The first-order valence-corrected chi connectivity index (χ1v) is 11.3. The molecular weight excluding hydrogens is 432 g/mol. The summed E-state index contributed by atoms with van der Waals surface area (Å²) in [6, 6.07) is 4.77. The largest absolute Gasteiger partial charge is 0.336 e. The van der Waals surface area contributed by atoms with E-state index in [1.54, 1.807) is 30.3 Å². The molecule has 2 aromatic heterocycles. The smallest absolute Gasteiger partial charge is 0.328 e. The Balaban J connectivity index is 1.45. The van der Waals surface area contributed by atoms with E-state index >= 15 is 0 Å². The highest BCUT2D eigenvalue weighted by Crippen LogP contribution is 2.33. The van der Waals surface area contributed by atoms with Crippen LogP contribution in [-0.4, -0.2) is 71.7 Å². The van der Waals surface area contributed by atoms with E-state index in [0.717, 1.165) is 24.1 Å². The van der Waals surface area contributed by atoms with Gasteiger partial charge in [0.15, 0.2) is 6.29 Å². The van der Waals surface area contributed by atoms with Gasteiger partial charge in [-0.3, -0.25) is 24.7 Å². The van der Waals surface area contributed by atoms with Crippen molar-refractivity contribution in [3.05, 3.63) is 46.8 Å². The molecule has 2 aromatic rings. The van der Waals surface area contributed by atoms with Crippen LogP contribution in [0.1, 0.15) is 40.0 Å². The van der Waals surface area contributed by atoms with Gasteiger partial charge in [-0.2, -0.15) is 0 Å². The number of likely N-dealkylation sites (N-methyl/N-ethyl adjacent to an activating group) is 1. The molecule has 4 rings (SSSR count). The summed E-state index contributed by atoms with van der Waals surface area (Å²) in [5.41, 5.74) is 2.58. The van der Waals surface area contributed by atoms with Gasteiger partial charge in [-0.25, -0.2) is 14.8 Å². The molecule has 0 aromatic carbocycles. The molecule has 0 spiro atoms. The van der Waals surface area contributed by atoms with Crippen LogP contribution in [0.5, 0.6) is 0 Å². The Morgan fingerprint density at radius 1 is 1.32 bits per heavy atom. The molecule has 1 saturated heterocycles. The fraction of sp³-hybridized carbons (Fsp3) is 0.400. The van der Waals surface area contributed by atoms with E-state index < -0.39 is 6.03 Å². The highest BCUT2D eigenvalue weighted by atomic mass is 16.2. The molecule has 0 bridgehead atoms. The second-order valence-corrected chi connectivity index (χ2v) is 8.89. The minimum absolute atomic E-state index is 0.00980. The van der Waals surface area contributed by atoms with E-state index in [2.05, 4.69) is 21.2 Å². The average Bonchev–Trinajstić information content (AvgIpc) is 3.64. The van der Waals surface area contributed by atoms with Crippen LogP contribution in [-0.2, 0) is 17.8 Å². The maximum Gasteiger partial charge on any atom is 0.328 e. The third-order valence-corrected chi connectivity index (χ3v) is 6.21. The van der Waals surface area contributed by atoms with Gasteiger partial charge >= 0.3 is 6.03 Å². The fourth-order valence-electron chi connectivity index (χ4n) is 3.91. The Kier molecular flexibility index (Phi) is 6.89. The summed E-state index contributed by atoms with van der Waals surface area (Å²) in [7, 11) is 3.47. The summed E-state index contributed by atoms with van der Waals surface area (Å²) < 4.78 is 0. The summed E-state index contributed by atoms with van der Waals surface area (Å²) in [4.78, 5) is 50.4. The van der Waals surface area contributed by atoms with Gasteiger partial charge in [0.2, 0.25) is 5.91 Å². The van der Waals surface area contributed by atoms with E-state index in [-0.39, 0.29) is 11.6 Å². The molecule has 1 aliphatic heterocycles. The van der Waals surface area contributed by atoms with E-state index in [0.29, 0.717) is 49.0 Å². The van der Waals surface area contributed by atoms with Gasteiger partial charge in [0.25, 0.3) is 0 Å². The summed E-state index contributed by atoms with van der Waals surface area (Å²) >= 11 is 0. The van der Waals surface area contributed by atoms with Crippen molar-refractivity contribution in [3.8, 4) is 12.3 Å². The Morgan fingerprint density at radius 3 is 2.79 bits per heavy atom. The SMILES string of the molecule is C#Cc1cnc(NC(=O)N(C)c2ccc(CN3CCN(C)CC3=O)c(C=O)n2)cc1CC1CC1. The number of aldehydes is 1. The van der Waals surface area contributed by atoms with Crippen LogP contribution < -0.4 is 10.2 Å². The van der Waals surface area contributed by atoms with Crippen LogP contribution in [0, 0.1) is 18.3 Å². The number of nitrogens with zero attached hydrogens (tertiary/aromatic N) is 5. The molecule has 1 N–H and O–H groups in total. The predicted molar refractivity (Wildman–Crippen MR) is 129 cm³/mol. The molecule has 1 aliphatic carbocycles. The van der Waals surface area contributed by atoms with Gasteiger partial charge in [-0.15, -0.1) is 6.42 Å². The maximum absolute atomic E-state index is 12.8.